The first-order valence-corrected chi connectivity index (χ1v) is 11.9. The molecule has 170 valence electrons. The smallest absolute Gasteiger partial charge is 0.257 e. The van der Waals surface area contributed by atoms with Crippen LogP contribution in [0.2, 0.25) is 10.0 Å². The van der Waals surface area contributed by atoms with Crippen molar-refractivity contribution in [1.82, 2.24) is 4.90 Å². The number of fused-ring (bicyclic) bond motifs is 1. The van der Waals surface area contributed by atoms with Crippen LogP contribution < -0.4 is 0 Å². The van der Waals surface area contributed by atoms with E-state index in [1.54, 1.807) is 0 Å². The van der Waals surface area contributed by atoms with Gasteiger partial charge in [-0.25, -0.2) is 0 Å². The van der Waals surface area contributed by atoms with E-state index in [1.807, 2.05) is 84.6 Å². The van der Waals surface area contributed by atoms with E-state index in [9.17, 15) is 9.90 Å². The summed E-state index contributed by atoms with van der Waals surface area (Å²) in [6.45, 7) is 2.41. The highest BCUT2D eigenvalue weighted by Gasteiger charge is 2.56. The third-order valence-electron chi connectivity index (χ3n) is 6.94. The summed E-state index contributed by atoms with van der Waals surface area (Å²) in [4.78, 5) is 15.7. The fourth-order valence-corrected chi connectivity index (χ4v) is 4.94. The first kappa shape index (κ1) is 22.4. The van der Waals surface area contributed by atoms with Crippen LogP contribution in [0.15, 0.2) is 72.8 Å². The molecule has 0 spiro atoms. The monoisotopic (exact) mass is 481 g/mol. The van der Waals surface area contributed by atoms with Crippen LogP contribution in [0.3, 0.4) is 0 Å². The highest BCUT2D eigenvalue weighted by Crippen LogP contribution is 2.53. The van der Waals surface area contributed by atoms with Crippen molar-refractivity contribution in [2.45, 2.75) is 31.5 Å². The van der Waals surface area contributed by atoms with Gasteiger partial charge in [-0.15, -0.1) is 0 Å². The summed E-state index contributed by atoms with van der Waals surface area (Å²) < 4.78 is 6.79. The zero-order valence-corrected chi connectivity index (χ0v) is 19.8. The fraction of sp³-hybridized carbons (Fsp3) is 0.296. The molecular formula is C27H25Cl2NO3. The zero-order valence-electron chi connectivity index (χ0n) is 18.3. The third kappa shape index (κ3) is 3.75. The van der Waals surface area contributed by atoms with Crippen molar-refractivity contribution in [2.24, 2.45) is 5.41 Å². The molecular weight excluding hydrogens is 457 g/mol. The lowest BCUT2D eigenvalue weighted by Gasteiger charge is -2.43. The number of hydrogen-bond acceptors (Lipinski definition) is 3. The van der Waals surface area contributed by atoms with Gasteiger partial charge in [-0.3, -0.25) is 9.69 Å². The van der Waals surface area contributed by atoms with E-state index < -0.39 is 5.72 Å². The number of carbonyl (C=O) groups is 1. The summed E-state index contributed by atoms with van der Waals surface area (Å²) in [5, 5.41) is 11.2. The molecule has 1 heterocycles. The van der Waals surface area contributed by atoms with Gasteiger partial charge in [0.05, 0.1) is 19.3 Å². The molecule has 1 aliphatic heterocycles. The van der Waals surface area contributed by atoms with E-state index in [2.05, 4.69) is 0 Å². The van der Waals surface area contributed by atoms with Crippen molar-refractivity contribution in [3.05, 3.63) is 105 Å². The summed E-state index contributed by atoms with van der Waals surface area (Å²) in [7, 11) is 0. The molecule has 33 heavy (non-hydrogen) atoms. The molecule has 2 atom stereocenters. The Kier molecular flexibility index (Phi) is 5.74. The average molecular weight is 482 g/mol. The number of hydrogen-bond donors (Lipinski definition) is 1. The molecule has 0 aromatic heterocycles. The quantitative estimate of drug-likeness (QED) is 0.436. The Balaban J connectivity index is 1.70. The van der Waals surface area contributed by atoms with Crippen molar-refractivity contribution in [2.75, 3.05) is 13.2 Å². The molecule has 1 amide bonds. The van der Waals surface area contributed by atoms with Crippen LogP contribution in [0.1, 0.15) is 52.9 Å². The predicted molar refractivity (Wildman–Crippen MR) is 129 cm³/mol. The summed E-state index contributed by atoms with van der Waals surface area (Å²) >= 11 is 12.3. The molecule has 2 aliphatic rings. The van der Waals surface area contributed by atoms with Gasteiger partial charge in [0, 0.05) is 32.2 Å². The molecule has 0 saturated heterocycles. The molecule has 1 N–H and O–H groups in total. The predicted octanol–water partition coefficient (Wildman–Crippen LogP) is 6.20. The van der Waals surface area contributed by atoms with Crippen LogP contribution in [0.5, 0.6) is 0 Å². The van der Waals surface area contributed by atoms with Gasteiger partial charge in [-0.1, -0.05) is 65.7 Å². The summed E-state index contributed by atoms with van der Waals surface area (Å²) in [5.74, 6) is -0.100. The van der Waals surface area contributed by atoms with Gasteiger partial charge in [0.1, 0.15) is 0 Å². The topological polar surface area (TPSA) is 49.8 Å². The number of aliphatic hydroxyl groups is 1. The minimum atomic E-state index is -1.15. The SMILES string of the molecule is C[C@@H](c1ccc(Cl)cc1)N1C(=O)c2ccccc2C1(OCC1(CO)CC1)c1ccc(Cl)cc1. The second-order valence-corrected chi connectivity index (χ2v) is 9.92. The second-order valence-electron chi connectivity index (χ2n) is 9.05. The van der Waals surface area contributed by atoms with Crippen LogP contribution in [-0.2, 0) is 10.5 Å². The molecule has 0 radical (unpaired) electrons. The van der Waals surface area contributed by atoms with Crippen molar-refractivity contribution < 1.29 is 14.6 Å². The highest BCUT2D eigenvalue weighted by molar-refractivity contribution is 6.30. The lowest BCUT2D eigenvalue weighted by molar-refractivity contribution is -0.137. The van der Waals surface area contributed by atoms with Gasteiger partial charge in [0.15, 0.2) is 5.72 Å². The Bertz CT molecular complexity index is 1170. The largest absolute Gasteiger partial charge is 0.396 e. The Hall–Kier alpha value is -2.37. The standard InChI is InChI=1S/C27H25Cl2NO3/c1-18(19-6-10-21(28)11-7-19)30-25(32)23-4-2-3-5-24(23)27(30,20-8-12-22(29)13-9-20)33-17-26(16-31)14-15-26/h2-13,18,31H,14-17H2,1H3/t18-,27?/m0/s1. The minimum Gasteiger partial charge on any atom is -0.396 e. The van der Waals surface area contributed by atoms with Crippen molar-refractivity contribution in [3.8, 4) is 0 Å². The van der Waals surface area contributed by atoms with Gasteiger partial charge in [0.2, 0.25) is 0 Å². The van der Waals surface area contributed by atoms with Gasteiger partial charge >= 0.3 is 0 Å². The van der Waals surface area contributed by atoms with Crippen molar-refractivity contribution >= 4 is 29.1 Å². The first-order chi connectivity index (χ1) is 15.9. The molecule has 1 fully saturated rings. The number of amides is 1. The summed E-state index contributed by atoms with van der Waals surface area (Å²) in [5.41, 5.74) is 1.77. The second kappa shape index (κ2) is 8.44. The van der Waals surface area contributed by atoms with Crippen molar-refractivity contribution in [3.63, 3.8) is 0 Å². The molecule has 4 nitrogen and oxygen atoms in total. The maximum atomic E-state index is 13.9. The maximum Gasteiger partial charge on any atom is 0.257 e. The Morgan fingerprint density at radius 1 is 0.970 bits per heavy atom. The van der Waals surface area contributed by atoms with Gasteiger partial charge in [0.25, 0.3) is 5.91 Å². The molecule has 1 unspecified atom stereocenters. The third-order valence-corrected chi connectivity index (χ3v) is 7.44. The Labute approximate surface area is 203 Å². The number of benzene rings is 3. The fourth-order valence-electron chi connectivity index (χ4n) is 4.69. The van der Waals surface area contributed by atoms with E-state index in [0.717, 1.165) is 29.5 Å². The van der Waals surface area contributed by atoms with Crippen molar-refractivity contribution in [1.29, 1.82) is 0 Å². The number of nitrogens with zero attached hydrogens (tertiary/aromatic N) is 1. The average Bonchev–Trinajstić information content (AvgIpc) is 3.58. The van der Waals surface area contributed by atoms with Crippen LogP contribution >= 0.6 is 23.2 Å². The lowest BCUT2D eigenvalue weighted by atomic mass is 9.91. The van der Waals surface area contributed by atoms with Gasteiger partial charge in [-0.2, -0.15) is 0 Å². The molecule has 5 rings (SSSR count). The molecule has 0 bridgehead atoms. The molecule has 3 aromatic carbocycles. The van der Waals surface area contributed by atoms with Crippen LogP contribution in [0.25, 0.3) is 0 Å². The number of rotatable bonds is 7. The normalized spacial score (nSPS) is 21.7. The number of ether oxygens (including phenoxy) is 1. The molecule has 1 saturated carbocycles. The highest BCUT2D eigenvalue weighted by atomic mass is 35.5. The maximum absolute atomic E-state index is 13.9. The van der Waals surface area contributed by atoms with E-state index >= 15 is 0 Å². The lowest BCUT2D eigenvalue weighted by Crippen LogP contribution is -2.49. The Morgan fingerprint density at radius 3 is 2.18 bits per heavy atom. The van der Waals surface area contributed by atoms with Crippen LogP contribution in [0.4, 0.5) is 0 Å². The van der Waals surface area contributed by atoms with Gasteiger partial charge < -0.3 is 9.84 Å². The van der Waals surface area contributed by atoms with Gasteiger partial charge in [-0.05, 0) is 55.7 Å². The van der Waals surface area contributed by atoms with E-state index in [1.165, 1.54) is 0 Å². The molecule has 1 aliphatic carbocycles. The summed E-state index contributed by atoms with van der Waals surface area (Å²) in [6.07, 6.45) is 1.81. The van der Waals surface area contributed by atoms with E-state index in [4.69, 9.17) is 27.9 Å². The molecule has 6 heteroatoms. The van der Waals surface area contributed by atoms with Crippen LogP contribution in [-0.4, -0.2) is 29.1 Å². The van der Waals surface area contributed by atoms with Crippen LogP contribution in [0, 0.1) is 5.41 Å². The summed E-state index contributed by atoms with van der Waals surface area (Å²) in [6, 6.07) is 22.3. The molecule has 3 aromatic rings. The van der Waals surface area contributed by atoms with E-state index in [0.29, 0.717) is 22.2 Å². The first-order valence-electron chi connectivity index (χ1n) is 11.1. The number of carbonyl (C=O) groups excluding carboxylic acids is 1. The zero-order chi connectivity index (χ0) is 23.2. The Morgan fingerprint density at radius 2 is 1.58 bits per heavy atom. The van der Waals surface area contributed by atoms with E-state index in [-0.39, 0.29) is 24.0 Å². The number of aliphatic hydroxyl groups excluding tert-OH is 1. The minimum absolute atomic E-state index is 0.0615. The number of halogens is 2.